The molecular weight excluding hydrogens is 561 g/mol. The number of primary sulfonamides is 1. The highest BCUT2D eigenvalue weighted by Gasteiger charge is 2.47. The highest BCUT2D eigenvalue weighted by molar-refractivity contribution is 7.89. The Morgan fingerprint density at radius 2 is 1.79 bits per heavy atom. The second-order valence-electron chi connectivity index (χ2n) is 9.55. The largest absolute Gasteiger partial charge is 0.573 e. The summed E-state index contributed by atoms with van der Waals surface area (Å²) in [6.07, 6.45) is -4.43. The topological polar surface area (TPSA) is 148 Å². The minimum absolute atomic E-state index is 0.0516. The van der Waals surface area contributed by atoms with Crippen molar-refractivity contribution in [1.29, 1.82) is 0 Å². The van der Waals surface area contributed by atoms with Crippen LogP contribution >= 0.6 is 0 Å². The number of nitrogens with zero attached hydrogens (tertiary/aromatic N) is 2. The van der Waals surface area contributed by atoms with Crippen molar-refractivity contribution in [3.8, 4) is 5.75 Å². The summed E-state index contributed by atoms with van der Waals surface area (Å²) < 4.78 is 91.6. The Bertz CT molecular complexity index is 1520. The van der Waals surface area contributed by atoms with Gasteiger partial charge in [0, 0.05) is 18.7 Å². The Morgan fingerprint density at radius 1 is 1.10 bits per heavy atom. The molecule has 10 nitrogen and oxygen atoms in total. The predicted molar refractivity (Wildman–Crippen MR) is 137 cm³/mol. The number of amides is 1. The molecule has 2 aliphatic heterocycles. The van der Waals surface area contributed by atoms with E-state index in [1.165, 1.54) is 16.4 Å². The minimum Gasteiger partial charge on any atom is -0.406 e. The van der Waals surface area contributed by atoms with E-state index >= 15 is 0 Å². The quantitative estimate of drug-likeness (QED) is 0.482. The molecule has 0 radical (unpaired) electrons. The lowest BCUT2D eigenvalue weighted by atomic mass is 9.89. The van der Waals surface area contributed by atoms with Crippen molar-refractivity contribution in [1.82, 2.24) is 9.62 Å². The molecule has 1 saturated heterocycles. The number of alkyl halides is 3. The number of carbonyl (C=O) groups is 1. The molecule has 0 bridgehead atoms. The number of sulfonamides is 2. The number of ether oxygens (including phenoxy) is 1. The summed E-state index contributed by atoms with van der Waals surface area (Å²) in [5.74, 6) is -1.28. The van der Waals surface area contributed by atoms with Crippen LogP contribution < -0.4 is 15.2 Å². The second-order valence-corrected chi connectivity index (χ2v) is 13.3. The maximum atomic E-state index is 13.0. The lowest BCUT2D eigenvalue weighted by Crippen LogP contribution is -2.50. The van der Waals surface area contributed by atoms with Gasteiger partial charge in [-0.2, -0.15) is 0 Å². The third-order valence-electron chi connectivity index (χ3n) is 6.67. The fourth-order valence-corrected chi connectivity index (χ4v) is 6.81. The summed E-state index contributed by atoms with van der Waals surface area (Å²) in [7, 11) is -7.36. The molecule has 1 amide bonds. The number of aryl methyl sites for hydroxylation is 2. The lowest BCUT2D eigenvalue weighted by molar-refractivity contribution is -0.274. The molecule has 4 rings (SSSR count). The number of benzene rings is 2. The van der Waals surface area contributed by atoms with Gasteiger partial charge in [-0.25, -0.2) is 26.3 Å². The van der Waals surface area contributed by atoms with E-state index in [1.807, 2.05) is 0 Å². The molecule has 0 atom stereocenters. The summed E-state index contributed by atoms with van der Waals surface area (Å²) in [6.45, 7) is 1.87. The van der Waals surface area contributed by atoms with E-state index in [1.54, 1.807) is 25.1 Å². The summed E-state index contributed by atoms with van der Waals surface area (Å²) in [4.78, 5) is 17.3. The van der Waals surface area contributed by atoms with E-state index in [-0.39, 0.29) is 55.3 Å². The first kappa shape index (κ1) is 29.0. The van der Waals surface area contributed by atoms with Crippen molar-refractivity contribution < 1.29 is 39.5 Å². The van der Waals surface area contributed by atoms with E-state index in [0.717, 1.165) is 23.3 Å². The van der Waals surface area contributed by atoms with Crippen LogP contribution in [0.3, 0.4) is 0 Å². The average molecular weight is 589 g/mol. The predicted octanol–water partition coefficient (Wildman–Crippen LogP) is 1.97. The molecule has 0 saturated carbocycles. The van der Waals surface area contributed by atoms with Gasteiger partial charge in [-0.3, -0.25) is 9.79 Å². The Kier molecular flexibility index (Phi) is 7.82. The number of nitrogens with one attached hydrogen (secondary N) is 1. The van der Waals surface area contributed by atoms with E-state index in [9.17, 15) is 34.8 Å². The van der Waals surface area contributed by atoms with Crippen LogP contribution in [0, 0.1) is 6.92 Å². The lowest BCUT2D eigenvalue weighted by Gasteiger charge is -2.34. The highest BCUT2D eigenvalue weighted by atomic mass is 32.2. The molecule has 212 valence electrons. The summed E-state index contributed by atoms with van der Waals surface area (Å²) in [5, 5.41) is 7.69. The monoisotopic (exact) mass is 588 g/mol. The first-order chi connectivity index (χ1) is 18.1. The molecule has 0 unspecified atom stereocenters. The van der Waals surface area contributed by atoms with Crippen LogP contribution in [0.25, 0.3) is 0 Å². The maximum absolute atomic E-state index is 13.0. The molecule has 0 aromatic heterocycles. The Balaban J connectivity index is 1.40. The molecule has 2 aromatic carbocycles. The van der Waals surface area contributed by atoms with Crippen molar-refractivity contribution in [2.45, 2.75) is 43.8 Å². The van der Waals surface area contributed by atoms with Crippen molar-refractivity contribution in [3.63, 3.8) is 0 Å². The van der Waals surface area contributed by atoms with Crippen LogP contribution in [0.15, 0.2) is 47.5 Å². The number of amidine groups is 1. The molecule has 2 aliphatic rings. The molecular formula is C24H27F3N4O6S2. The number of nitrogens with two attached hydrogens (primary N) is 1. The number of aliphatic imine (C=N–C) groups is 1. The summed E-state index contributed by atoms with van der Waals surface area (Å²) in [5.41, 5.74) is 1.04. The van der Waals surface area contributed by atoms with Crippen molar-refractivity contribution in [2.24, 2.45) is 10.1 Å². The van der Waals surface area contributed by atoms with Gasteiger partial charge in [-0.15, -0.1) is 13.2 Å². The van der Waals surface area contributed by atoms with E-state index in [4.69, 9.17) is 5.14 Å². The number of rotatable bonds is 8. The molecule has 0 aliphatic carbocycles. The number of hydrogen-bond acceptors (Lipinski definition) is 7. The van der Waals surface area contributed by atoms with E-state index in [2.05, 4.69) is 15.0 Å². The zero-order valence-corrected chi connectivity index (χ0v) is 22.5. The van der Waals surface area contributed by atoms with Gasteiger partial charge in [0.1, 0.15) is 17.1 Å². The number of carbonyl (C=O) groups excluding carboxylic acids is 1. The van der Waals surface area contributed by atoms with Crippen LogP contribution in [0.2, 0.25) is 0 Å². The first-order valence-corrected chi connectivity index (χ1v) is 15.2. The Labute approximate surface area is 224 Å². The Morgan fingerprint density at radius 3 is 2.41 bits per heavy atom. The zero-order valence-electron chi connectivity index (χ0n) is 20.9. The maximum Gasteiger partial charge on any atom is 0.573 e. The molecule has 3 N–H and O–H groups in total. The van der Waals surface area contributed by atoms with Gasteiger partial charge in [0.25, 0.3) is 5.91 Å². The van der Waals surface area contributed by atoms with Crippen LogP contribution in [-0.2, 0) is 37.0 Å². The van der Waals surface area contributed by atoms with Gasteiger partial charge in [-0.05, 0) is 55.0 Å². The van der Waals surface area contributed by atoms with Gasteiger partial charge in [-0.1, -0.05) is 30.3 Å². The van der Waals surface area contributed by atoms with E-state index in [0.29, 0.717) is 5.56 Å². The van der Waals surface area contributed by atoms with Gasteiger partial charge in [0.05, 0.1) is 11.5 Å². The molecule has 2 aromatic rings. The SMILES string of the molecule is Cc1cc(CS(N)(=O)=O)ccc1CCS(=O)(=O)N1CCC2(CC1)N=C(c1cccc(OC(F)(F)F)c1)NC2=O. The van der Waals surface area contributed by atoms with Crippen LogP contribution in [-0.4, -0.2) is 63.6 Å². The van der Waals surface area contributed by atoms with Crippen LogP contribution in [0.4, 0.5) is 13.2 Å². The third-order valence-corrected chi connectivity index (χ3v) is 9.28. The zero-order chi connectivity index (χ0) is 28.6. The van der Waals surface area contributed by atoms with Gasteiger partial charge < -0.3 is 10.1 Å². The highest BCUT2D eigenvalue weighted by Crippen LogP contribution is 2.33. The fourth-order valence-electron chi connectivity index (χ4n) is 4.70. The first-order valence-electron chi connectivity index (χ1n) is 11.9. The number of piperidine rings is 1. The number of hydrogen-bond donors (Lipinski definition) is 2. The van der Waals surface area contributed by atoms with Crippen LogP contribution in [0.1, 0.15) is 35.1 Å². The van der Waals surface area contributed by atoms with Crippen LogP contribution in [0.5, 0.6) is 5.75 Å². The van der Waals surface area contributed by atoms with Crippen molar-refractivity contribution in [3.05, 3.63) is 64.7 Å². The normalized spacial score (nSPS) is 18.2. The Hall–Kier alpha value is -3.01. The van der Waals surface area contributed by atoms with Crippen molar-refractivity contribution in [2.75, 3.05) is 18.8 Å². The molecule has 2 heterocycles. The van der Waals surface area contributed by atoms with E-state index < -0.39 is 43.6 Å². The minimum atomic E-state index is -4.87. The van der Waals surface area contributed by atoms with Gasteiger partial charge in [0.15, 0.2) is 0 Å². The molecule has 15 heteroatoms. The summed E-state index contributed by atoms with van der Waals surface area (Å²) in [6, 6.07) is 10.0. The van der Waals surface area contributed by atoms with Gasteiger partial charge >= 0.3 is 6.36 Å². The average Bonchev–Trinajstić information content (AvgIpc) is 3.12. The van der Waals surface area contributed by atoms with Gasteiger partial charge in [0.2, 0.25) is 20.0 Å². The third kappa shape index (κ3) is 7.15. The van der Waals surface area contributed by atoms with Crippen molar-refractivity contribution >= 4 is 31.8 Å². The molecule has 1 fully saturated rings. The molecule has 39 heavy (non-hydrogen) atoms. The fraction of sp³-hybridized carbons (Fsp3) is 0.417. The second kappa shape index (κ2) is 10.5. The summed E-state index contributed by atoms with van der Waals surface area (Å²) >= 11 is 0. The smallest absolute Gasteiger partial charge is 0.406 e. The standard InChI is InChI=1S/C24H27F3N4O6S2/c1-16-13-17(15-38(28,33)34)5-6-18(16)7-12-39(35,36)31-10-8-23(9-11-31)22(32)29-21(30-23)19-3-2-4-20(14-19)37-24(25,26)27/h2-6,13-14H,7-12,15H2,1H3,(H2,28,33,34)(H,29,30,32). The number of halogens is 3. The molecule has 1 spiro atoms.